The number of hydrogen-bond acceptors (Lipinski definition) is 3. The quantitative estimate of drug-likeness (QED) is 0.861. The van der Waals surface area contributed by atoms with E-state index in [9.17, 15) is 13.2 Å². The molecule has 0 aromatic heterocycles. The van der Waals surface area contributed by atoms with Gasteiger partial charge in [0.1, 0.15) is 0 Å². The van der Waals surface area contributed by atoms with Gasteiger partial charge in [0.05, 0.1) is 4.90 Å². The summed E-state index contributed by atoms with van der Waals surface area (Å²) in [6.07, 6.45) is 0. The average molecular weight is 397 g/mol. The number of sulfonamides is 1. The third-order valence-corrected chi connectivity index (χ3v) is 5.99. The standard InChI is InChI=1S/C16H17BrN2O3S/c1-11-9-13(7-8-15(11)17)18-16(20)12-5-4-6-14(10-12)23(21,22)19(2)3/h4-10H,1-3H3,(H,18,20). The Labute approximate surface area is 144 Å². The van der Waals surface area contributed by atoms with E-state index in [2.05, 4.69) is 21.2 Å². The first-order valence-electron chi connectivity index (χ1n) is 6.82. The molecule has 0 aliphatic heterocycles. The fraction of sp³-hybridized carbons (Fsp3) is 0.188. The predicted molar refractivity (Wildman–Crippen MR) is 94.1 cm³/mol. The molecule has 0 heterocycles. The summed E-state index contributed by atoms with van der Waals surface area (Å²) in [5, 5.41) is 2.77. The summed E-state index contributed by atoms with van der Waals surface area (Å²) in [4.78, 5) is 12.4. The fourth-order valence-electron chi connectivity index (χ4n) is 1.93. The second-order valence-electron chi connectivity index (χ2n) is 5.23. The molecule has 7 heteroatoms. The van der Waals surface area contributed by atoms with Crippen LogP contribution >= 0.6 is 15.9 Å². The maximum atomic E-state index is 12.3. The largest absolute Gasteiger partial charge is 0.322 e. The van der Waals surface area contributed by atoms with Crippen molar-refractivity contribution in [1.29, 1.82) is 0 Å². The highest BCUT2D eigenvalue weighted by Gasteiger charge is 2.18. The molecule has 5 nitrogen and oxygen atoms in total. The normalized spacial score (nSPS) is 11.5. The predicted octanol–water partition coefficient (Wildman–Crippen LogP) is 3.26. The van der Waals surface area contributed by atoms with Crippen LogP contribution in [0.3, 0.4) is 0 Å². The maximum Gasteiger partial charge on any atom is 0.255 e. The summed E-state index contributed by atoms with van der Waals surface area (Å²) in [6.45, 7) is 1.92. The molecule has 0 spiro atoms. The maximum absolute atomic E-state index is 12.3. The fourth-order valence-corrected chi connectivity index (χ4v) is 3.13. The molecule has 0 aliphatic rings. The van der Waals surface area contributed by atoms with Gasteiger partial charge < -0.3 is 5.32 Å². The lowest BCUT2D eigenvalue weighted by atomic mass is 10.2. The van der Waals surface area contributed by atoms with E-state index in [1.165, 1.54) is 26.2 Å². The van der Waals surface area contributed by atoms with E-state index in [-0.39, 0.29) is 16.4 Å². The number of hydrogen-bond donors (Lipinski definition) is 1. The van der Waals surface area contributed by atoms with Crippen LogP contribution < -0.4 is 5.32 Å². The van der Waals surface area contributed by atoms with Crippen LogP contribution in [0.1, 0.15) is 15.9 Å². The molecule has 0 fully saturated rings. The van der Waals surface area contributed by atoms with Crippen molar-refractivity contribution < 1.29 is 13.2 Å². The van der Waals surface area contributed by atoms with Crippen molar-refractivity contribution >= 4 is 37.5 Å². The highest BCUT2D eigenvalue weighted by molar-refractivity contribution is 9.10. The minimum absolute atomic E-state index is 0.0853. The summed E-state index contributed by atoms with van der Waals surface area (Å²) in [7, 11) is -0.669. The van der Waals surface area contributed by atoms with Gasteiger partial charge in [0.2, 0.25) is 10.0 Å². The zero-order chi connectivity index (χ0) is 17.2. The zero-order valence-electron chi connectivity index (χ0n) is 13.0. The van der Waals surface area contributed by atoms with Crippen LogP contribution in [0.2, 0.25) is 0 Å². The van der Waals surface area contributed by atoms with E-state index in [4.69, 9.17) is 0 Å². The van der Waals surface area contributed by atoms with Crippen LogP contribution in [0.4, 0.5) is 5.69 Å². The highest BCUT2D eigenvalue weighted by Crippen LogP contribution is 2.21. The van der Waals surface area contributed by atoms with Crippen LogP contribution in [0, 0.1) is 6.92 Å². The van der Waals surface area contributed by atoms with Crippen LogP contribution in [-0.2, 0) is 10.0 Å². The number of carbonyl (C=O) groups excluding carboxylic acids is 1. The van der Waals surface area contributed by atoms with E-state index < -0.39 is 10.0 Å². The molecule has 0 aliphatic carbocycles. The van der Waals surface area contributed by atoms with Gasteiger partial charge in [0, 0.05) is 29.8 Å². The Morgan fingerprint density at radius 3 is 2.43 bits per heavy atom. The Morgan fingerprint density at radius 1 is 1.13 bits per heavy atom. The first-order chi connectivity index (χ1) is 10.7. The number of nitrogens with one attached hydrogen (secondary N) is 1. The molecule has 0 atom stereocenters. The first-order valence-corrected chi connectivity index (χ1v) is 9.05. The van der Waals surface area contributed by atoms with E-state index in [0.29, 0.717) is 5.69 Å². The number of nitrogens with zero attached hydrogens (tertiary/aromatic N) is 1. The number of anilines is 1. The molecule has 0 unspecified atom stereocenters. The van der Waals surface area contributed by atoms with E-state index in [0.717, 1.165) is 14.3 Å². The number of rotatable bonds is 4. The molecule has 122 valence electrons. The topological polar surface area (TPSA) is 66.5 Å². The van der Waals surface area contributed by atoms with Gasteiger partial charge in [-0.1, -0.05) is 22.0 Å². The van der Waals surface area contributed by atoms with E-state index in [1.54, 1.807) is 18.2 Å². The minimum atomic E-state index is -3.57. The lowest BCUT2D eigenvalue weighted by Gasteiger charge is -2.12. The Hall–Kier alpha value is -1.70. The Balaban J connectivity index is 2.28. The number of carbonyl (C=O) groups is 1. The van der Waals surface area contributed by atoms with Crippen molar-refractivity contribution in [3.63, 3.8) is 0 Å². The van der Waals surface area contributed by atoms with Gasteiger partial charge in [0.15, 0.2) is 0 Å². The van der Waals surface area contributed by atoms with Gasteiger partial charge in [-0.3, -0.25) is 4.79 Å². The van der Waals surface area contributed by atoms with Crippen molar-refractivity contribution in [2.24, 2.45) is 0 Å². The number of aryl methyl sites for hydroxylation is 1. The summed E-state index contributed by atoms with van der Waals surface area (Å²) < 4.78 is 26.3. The van der Waals surface area contributed by atoms with Crippen molar-refractivity contribution in [3.05, 3.63) is 58.1 Å². The molecule has 0 bridgehead atoms. The third kappa shape index (κ3) is 3.99. The lowest BCUT2D eigenvalue weighted by molar-refractivity contribution is 0.102. The number of halogens is 1. The van der Waals surface area contributed by atoms with Gasteiger partial charge in [-0.15, -0.1) is 0 Å². The van der Waals surface area contributed by atoms with Gasteiger partial charge in [-0.25, -0.2) is 12.7 Å². The van der Waals surface area contributed by atoms with Crippen LogP contribution in [-0.4, -0.2) is 32.7 Å². The molecule has 1 amide bonds. The highest BCUT2D eigenvalue weighted by atomic mass is 79.9. The monoisotopic (exact) mass is 396 g/mol. The molecule has 1 N–H and O–H groups in total. The van der Waals surface area contributed by atoms with Gasteiger partial charge in [-0.05, 0) is 48.9 Å². The van der Waals surface area contributed by atoms with E-state index in [1.807, 2.05) is 19.1 Å². The van der Waals surface area contributed by atoms with Gasteiger partial charge in [0.25, 0.3) is 5.91 Å². The third-order valence-electron chi connectivity index (χ3n) is 3.29. The Bertz CT molecular complexity index is 848. The second kappa shape index (κ2) is 6.82. The Morgan fingerprint density at radius 2 is 1.83 bits per heavy atom. The van der Waals surface area contributed by atoms with Gasteiger partial charge >= 0.3 is 0 Å². The minimum Gasteiger partial charge on any atom is -0.322 e. The molecule has 2 aromatic rings. The van der Waals surface area contributed by atoms with Crippen molar-refractivity contribution in [3.8, 4) is 0 Å². The SMILES string of the molecule is Cc1cc(NC(=O)c2cccc(S(=O)(=O)N(C)C)c2)ccc1Br. The molecular formula is C16H17BrN2O3S. The molecule has 2 rings (SSSR count). The first kappa shape index (κ1) is 17.7. The molecular weight excluding hydrogens is 380 g/mol. The van der Waals surface area contributed by atoms with Crippen molar-refractivity contribution in [2.75, 3.05) is 19.4 Å². The molecule has 2 aromatic carbocycles. The zero-order valence-corrected chi connectivity index (χ0v) is 15.4. The van der Waals surface area contributed by atoms with Crippen molar-refractivity contribution in [2.45, 2.75) is 11.8 Å². The lowest BCUT2D eigenvalue weighted by Crippen LogP contribution is -2.22. The smallest absolute Gasteiger partial charge is 0.255 e. The average Bonchev–Trinajstić information content (AvgIpc) is 2.51. The summed E-state index contributed by atoms with van der Waals surface area (Å²) in [6, 6.07) is 11.4. The molecule has 23 heavy (non-hydrogen) atoms. The van der Waals surface area contributed by atoms with Crippen molar-refractivity contribution in [1.82, 2.24) is 4.31 Å². The summed E-state index contributed by atoms with van der Waals surface area (Å²) in [5.74, 6) is -0.359. The number of benzene rings is 2. The Kier molecular flexibility index (Phi) is 5.23. The molecule has 0 saturated heterocycles. The molecule has 0 saturated carbocycles. The van der Waals surface area contributed by atoms with Crippen LogP contribution in [0.5, 0.6) is 0 Å². The number of amides is 1. The van der Waals surface area contributed by atoms with E-state index >= 15 is 0 Å². The summed E-state index contributed by atoms with van der Waals surface area (Å²) >= 11 is 3.40. The molecule has 0 radical (unpaired) electrons. The summed E-state index contributed by atoms with van der Waals surface area (Å²) in [5.41, 5.74) is 1.93. The second-order valence-corrected chi connectivity index (χ2v) is 8.24. The van der Waals surface area contributed by atoms with Crippen LogP contribution in [0.15, 0.2) is 51.8 Å². The van der Waals surface area contributed by atoms with Crippen LogP contribution in [0.25, 0.3) is 0 Å². The van der Waals surface area contributed by atoms with Gasteiger partial charge in [-0.2, -0.15) is 0 Å².